The lowest BCUT2D eigenvalue weighted by Gasteiger charge is -2.47. The number of benzene rings is 1. The van der Waals surface area contributed by atoms with Gasteiger partial charge in [-0.05, 0) is 89.3 Å². The summed E-state index contributed by atoms with van der Waals surface area (Å²) in [5.41, 5.74) is 1.80. The van der Waals surface area contributed by atoms with E-state index < -0.39 is 0 Å². The van der Waals surface area contributed by atoms with E-state index in [0.717, 1.165) is 63.2 Å². The molecule has 1 N–H and O–H groups in total. The van der Waals surface area contributed by atoms with E-state index in [2.05, 4.69) is 44.1 Å². The average Bonchev–Trinajstić information content (AvgIpc) is 3.09. The molecule has 0 saturated carbocycles. The van der Waals surface area contributed by atoms with Crippen molar-refractivity contribution in [3.63, 3.8) is 0 Å². The lowest BCUT2D eigenvalue weighted by Crippen LogP contribution is -2.57. The smallest absolute Gasteiger partial charge is 0.230 e. The zero-order valence-electron chi connectivity index (χ0n) is 18.5. The van der Waals surface area contributed by atoms with Crippen LogP contribution in [0, 0.1) is 11.8 Å². The Balaban J connectivity index is 1.56. The van der Waals surface area contributed by atoms with E-state index in [1.165, 1.54) is 12.8 Å². The van der Waals surface area contributed by atoms with Crippen molar-refractivity contribution in [2.75, 3.05) is 37.6 Å². The number of aromatic nitrogens is 2. The van der Waals surface area contributed by atoms with Crippen LogP contribution >= 0.6 is 0 Å². The summed E-state index contributed by atoms with van der Waals surface area (Å²) in [5.74, 6) is 1.64. The van der Waals surface area contributed by atoms with Crippen LogP contribution < -0.4 is 10.2 Å². The fraction of sp³-hybridized carbons (Fsp3) is 0.560. The zero-order valence-corrected chi connectivity index (χ0v) is 18.5. The summed E-state index contributed by atoms with van der Waals surface area (Å²) in [4.78, 5) is 27.7. The van der Waals surface area contributed by atoms with Crippen LogP contribution in [-0.4, -0.2) is 59.0 Å². The van der Waals surface area contributed by atoms with Gasteiger partial charge in [-0.25, -0.2) is 9.97 Å². The molecule has 0 aliphatic carbocycles. The maximum atomic E-state index is 14.1. The van der Waals surface area contributed by atoms with E-state index in [4.69, 9.17) is 0 Å². The van der Waals surface area contributed by atoms with Gasteiger partial charge in [0, 0.05) is 41.6 Å². The van der Waals surface area contributed by atoms with Crippen molar-refractivity contribution >= 4 is 11.6 Å². The van der Waals surface area contributed by atoms with Gasteiger partial charge in [-0.1, -0.05) is 12.1 Å². The van der Waals surface area contributed by atoms with Crippen molar-refractivity contribution in [3.05, 3.63) is 42.7 Å². The van der Waals surface area contributed by atoms with Gasteiger partial charge in [-0.15, -0.1) is 0 Å². The average molecular weight is 420 g/mol. The fourth-order valence-electron chi connectivity index (χ4n) is 5.82. The third-order valence-electron chi connectivity index (χ3n) is 7.75. The first-order valence-electron chi connectivity index (χ1n) is 11.8. The summed E-state index contributed by atoms with van der Waals surface area (Å²) in [5, 5.41) is 3.41. The molecule has 6 rings (SSSR count). The largest absolute Gasteiger partial charge is 0.317 e. The maximum absolute atomic E-state index is 14.1. The highest BCUT2D eigenvalue weighted by molar-refractivity contribution is 5.97. The van der Waals surface area contributed by atoms with Crippen molar-refractivity contribution in [2.45, 2.75) is 44.6 Å². The fourth-order valence-corrected chi connectivity index (χ4v) is 5.82. The second kappa shape index (κ2) is 8.67. The van der Waals surface area contributed by atoms with Crippen LogP contribution in [0.25, 0.3) is 11.4 Å². The SMILES string of the molecule is CC1(N(C(=O)C2CCNCC2)c2cccc(-c3ncccn3)c2)CCN2CCC1CC2. The zero-order chi connectivity index (χ0) is 21.3. The van der Waals surface area contributed by atoms with E-state index in [1.807, 2.05) is 18.2 Å². The lowest BCUT2D eigenvalue weighted by atomic mass is 9.76. The Hall–Kier alpha value is -2.31. The van der Waals surface area contributed by atoms with Crippen molar-refractivity contribution in [1.29, 1.82) is 0 Å². The Morgan fingerprint density at radius 1 is 1.06 bits per heavy atom. The van der Waals surface area contributed by atoms with E-state index in [1.54, 1.807) is 12.4 Å². The van der Waals surface area contributed by atoms with Gasteiger partial charge in [0.1, 0.15) is 0 Å². The molecule has 1 aromatic carbocycles. The Labute approximate surface area is 185 Å². The first-order valence-corrected chi connectivity index (χ1v) is 11.8. The van der Waals surface area contributed by atoms with Gasteiger partial charge in [0.25, 0.3) is 0 Å². The molecule has 1 amide bonds. The third kappa shape index (κ3) is 3.99. The molecule has 0 radical (unpaired) electrons. The van der Waals surface area contributed by atoms with Gasteiger partial charge in [-0.2, -0.15) is 0 Å². The number of rotatable bonds is 4. The third-order valence-corrected chi connectivity index (χ3v) is 7.75. The van der Waals surface area contributed by atoms with E-state index in [0.29, 0.717) is 17.6 Å². The standard InChI is InChI=1S/C25H33N5O/c1-25(10-17-29-15-8-21(25)9-16-29)30(24(31)19-6-13-26-14-7-19)22-5-2-4-20(18-22)23-27-11-3-12-28-23/h2-5,11-12,18-19,21,26H,6-10,13-17H2,1H3. The van der Waals surface area contributed by atoms with Crippen LogP contribution in [0.4, 0.5) is 5.69 Å². The van der Waals surface area contributed by atoms with E-state index >= 15 is 0 Å². The van der Waals surface area contributed by atoms with Gasteiger partial charge < -0.3 is 15.1 Å². The van der Waals surface area contributed by atoms with Gasteiger partial charge in [-0.3, -0.25) is 4.79 Å². The molecule has 6 nitrogen and oxygen atoms in total. The quantitative estimate of drug-likeness (QED) is 0.824. The molecule has 4 fully saturated rings. The first-order chi connectivity index (χ1) is 15.1. The topological polar surface area (TPSA) is 61.4 Å². The number of carbonyl (C=O) groups is 1. The highest BCUT2D eigenvalue weighted by atomic mass is 16.2. The van der Waals surface area contributed by atoms with Crippen LogP contribution in [0.1, 0.15) is 39.0 Å². The number of anilines is 1. The molecule has 31 heavy (non-hydrogen) atoms. The molecule has 4 saturated heterocycles. The number of hydrogen-bond donors (Lipinski definition) is 1. The molecule has 5 heterocycles. The summed E-state index contributed by atoms with van der Waals surface area (Å²) in [7, 11) is 0. The highest BCUT2D eigenvalue weighted by Gasteiger charge is 2.47. The number of fused-ring (bicyclic) bond motifs is 4. The second-order valence-corrected chi connectivity index (χ2v) is 9.54. The molecular weight excluding hydrogens is 386 g/mol. The number of nitrogens with one attached hydrogen (secondary N) is 1. The molecule has 2 aromatic rings. The summed E-state index contributed by atoms with van der Waals surface area (Å²) in [6, 6.07) is 10.1. The van der Waals surface area contributed by atoms with E-state index in [-0.39, 0.29) is 11.5 Å². The monoisotopic (exact) mass is 419 g/mol. The molecule has 4 aliphatic rings. The Bertz CT molecular complexity index is 905. The molecule has 164 valence electrons. The first kappa shape index (κ1) is 20.6. The predicted octanol–water partition coefficient (Wildman–Crippen LogP) is 3.35. The minimum atomic E-state index is -0.163. The molecule has 4 aliphatic heterocycles. The molecule has 2 bridgehead atoms. The summed E-state index contributed by atoms with van der Waals surface area (Å²) in [6.07, 6.45) is 8.76. The number of nitrogens with zero attached hydrogens (tertiary/aromatic N) is 4. The van der Waals surface area contributed by atoms with Gasteiger partial charge >= 0.3 is 0 Å². The Kier molecular flexibility index (Phi) is 5.76. The van der Waals surface area contributed by atoms with Crippen molar-refractivity contribution in [3.8, 4) is 11.4 Å². The molecule has 1 unspecified atom stereocenters. The van der Waals surface area contributed by atoms with Gasteiger partial charge in [0.2, 0.25) is 5.91 Å². The number of amides is 1. The highest BCUT2D eigenvalue weighted by Crippen LogP contribution is 2.43. The number of carbonyl (C=O) groups excluding carboxylic acids is 1. The molecule has 1 aromatic heterocycles. The summed E-state index contributed by atoms with van der Waals surface area (Å²) < 4.78 is 0. The molecule has 6 heteroatoms. The van der Waals surface area contributed by atoms with Crippen molar-refractivity contribution in [1.82, 2.24) is 20.2 Å². The van der Waals surface area contributed by atoms with Crippen LogP contribution in [0.15, 0.2) is 42.7 Å². The van der Waals surface area contributed by atoms with E-state index in [9.17, 15) is 4.79 Å². The minimum Gasteiger partial charge on any atom is -0.317 e. The minimum absolute atomic E-state index is 0.0930. The molecule has 1 atom stereocenters. The summed E-state index contributed by atoms with van der Waals surface area (Å²) in [6.45, 7) is 7.59. The van der Waals surface area contributed by atoms with Gasteiger partial charge in [0.05, 0.1) is 0 Å². The number of hydrogen-bond acceptors (Lipinski definition) is 5. The molecular formula is C25H33N5O. The lowest BCUT2D eigenvalue weighted by molar-refractivity contribution is -0.124. The van der Waals surface area contributed by atoms with Gasteiger partial charge in [0.15, 0.2) is 5.82 Å². The van der Waals surface area contributed by atoms with Crippen LogP contribution in [0.5, 0.6) is 0 Å². The van der Waals surface area contributed by atoms with Crippen molar-refractivity contribution < 1.29 is 4.79 Å². The normalized spacial score (nSPS) is 28.8. The van der Waals surface area contributed by atoms with Crippen LogP contribution in [-0.2, 0) is 4.79 Å². The Morgan fingerprint density at radius 3 is 2.55 bits per heavy atom. The van der Waals surface area contributed by atoms with Crippen LogP contribution in [0.3, 0.4) is 0 Å². The van der Waals surface area contributed by atoms with Crippen molar-refractivity contribution in [2.24, 2.45) is 11.8 Å². The maximum Gasteiger partial charge on any atom is 0.230 e. The van der Waals surface area contributed by atoms with Crippen LogP contribution in [0.2, 0.25) is 0 Å². The second-order valence-electron chi connectivity index (χ2n) is 9.54. The molecule has 0 spiro atoms. The Morgan fingerprint density at radius 2 is 1.81 bits per heavy atom. The number of piperidine rings is 2. The summed E-state index contributed by atoms with van der Waals surface area (Å²) >= 11 is 0. The predicted molar refractivity (Wildman–Crippen MR) is 123 cm³/mol.